The van der Waals surface area contributed by atoms with E-state index in [2.05, 4.69) is 4.99 Å². The average Bonchev–Trinajstić information content (AvgIpc) is 2.73. The number of nitrogens with zero attached hydrogens (tertiary/aromatic N) is 2. The summed E-state index contributed by atoms with van der Waals surface area (Å²) in [5.41, 5.74) is 0.992. The van der Waals surface area contributed by atoms with Gasteiger partial charge in [0, 0.05) is 6.54 Å². The first-order chi connectivity index (χ1) is 10.1. The maximum Gasteiger partial charge on any atom is 0.236 e. The van der Waals surface area contributed by atoms with Gasteiger partial charge in [0.1, 0.15) is 6.17 Å². The second-order valence-corrected chi connectivity index (χ2v) is 7.25. The van der Waals surface area contributed by atoms with E-state index in [-0.39, 0.29) is 5.75 Å². The Balaban J connectivity index is 2.10. The summed E-state index contributed by atoms with van der Waals surface area (Å²) in [5, 5.41) is 0. The minimum absolute atomic E-state index is 0.0435. The molecule has 0 N–H and O–H groups in total. The van der Waals surface area contributed by atoms with Crippen LogP contribution >= 0.6 is 0 Å². The number of hydrogen-bond acceptors (Lipinski definition) is 4. The minimum Gasteiger partial charge on any atom is -0.212 e. The SMILES string of the molecule is O=C=NC1CCCCCN1S(=O)(=O)CCc1ccccc1. The Hall–Kier alpha value is -1.49. The molecule has 0 amide bonds. The Kier molecular flexibility index (Phi) is 5.67. The molecule has 2 rings (SSSR count). The van der Waals surface area contributed by atoms with Gasteiger partial charge in [0.2, 0.25) is 16.1 Å². The highest BCUT2D eigenvalue weighted by atomic mass is 32.2. The van der Waals surface area contributed by atoms with Gasteiger partial charge in [0.25, 0.3) is 0 Å². The van der Waals surface area contributed by atoms with Gasteiger partial charge < -0.3 is 0 Å². The summed E-state index contributed by atoms with van der Waals surface area (Å²) in [6, 6.07) is 9.53. The van der Waals surface area contributed by atoms with Gasteiger partial charge in [-0.2, -0.15) is 9.30 Å². The van der Waals surface area contributed by atoms with E-state index in [1.165, 1.54) is 10.4 Å². The fourth-order valence-electron chi connectivity index (χ4n) is 2.59. The molecular formula is C15H20N2O3S. The first-order valence-electron chi connectivity index (χ1n) is 7.24. The van der Waals surface area contributed by atoms with Crippen molar-refractivity contribution in [1.82, 2.24) is 4.31 Å². The van der Waals surface area contributed by atoms with Crippen LogP contribution in [0.15, 0.2) is 35.3 Å². The Morgan fingerprint density at radius 1 is 1.19 bits per heavy atom. The zero-order chi connectivity index (χ0) is 15.1. The predicted molar refractivity (Wildman–Crippen MR) is 81.0 cm³/mol. The van der Waals surface area contributed by atoms with Gasteiger partial charge in [-0.3, -0.25) is 0 Å². The second kappa shape index (κ2) is 7.50. The first-order valence-corrected chi connectivity index (χ1v) is 8.85. The van der Waals surface area contributed by atoms with Crippen molar-refractivity contribution in [3.05, 3.63) is 35.9 Å². The molecule has 1 aromatic carbocycles. The van der Waals surface area contributed by atoms with Crippen molar-refractivity contribution in [3.8, 4) is 0 Å². The van der Waals surface area contributed by atoms with Crippen LogP contribution in [0.3, 0.4) is 0 Å². The summed E-state index contributed by atoms with van der Waals surface area (Å²) >= 11 is 0. The van der Waals surface area contributed by atoms with E-state index in [1.807, 2.05) is 30.3 Å². The molecule has 1 heterocycles. The molecule has 0 aliphatic carbocycles. The topological polar surface area (TPSA) is 66.8 Å². The fourth-order valence-corrected chi connectivity index (χ4v) is 4.25. The highest BCUT2D eigenvalue weighted by molar-refractivity contribution is 7.89. The van der Waals surface area contributed by atoms with Gasteiger partial charge in [-0.15, -0.1) is 0 Å². The van der Waals surface area contributed by atoms with Gasteiger partial charge >= 0.3 is 0 Å². The molecule has 1 unspecified atom stereocenters. The van der Waals surface area contributed by atoms with Gasteiger partial charge in [-0.25, -0.2) is 13.2 Å². The summed E-state index contributed by atoms with van der Waals surface area (Å²) in [6.07, 6.45) is 4.67. The van der Waals surface area contributed by atoms with Crippen LogP contribution in [0.25, 0.3) is 0 Å². The quantitative estimate of drug-likeness (QED) is 0.618. The molecule has 6 heteroatoms. The van der Waals surface area contributed by atoms with E-state index in [1.54, 1.807) is 0 Å². The molecule has 1 aliphatic heterocycles. The van der Waals surface area contributed by atoms with E-state index in [0.29, 0.717) is 19.4 Å². The molecule has 0 spiro atoms. The van der Waals surface area contributed by atoms with Crippen molar-refractivity contribution in [2.45, 2.75) is 38.3 Å². The van der Waals surface area contributed by atoms with Crippen LogP contribution in [0.1, 0.15) is 31.2 Å². The molecule has 1 saturated heterocycles. The van der Waals surface area contributed by atoms with Crippen LogP contribution in [0, 0.1) is 0 Å². The lowest BCUT2D eigenvalue weighted by atomic mass is 10.2. The number of rotatable bonds is 5. The highest BCUT2D eigenvalue weighted by Crippen LogP contribution is 2.21. The highest BCUT2D eigenvalue weighted by Gasteiger charge is 2.30. The number of carbonyl (C=O) groups excluding carboxylic acids is 1. The van der Waals surface area contributed by atoms with E-state index in [9.17, 15) is 13.2 Å². The van der Waals surface area contributed by atoms with Crippen LogP contribution in [0.5, 0.6) is 0 Å². The summed E-state index contributed by atoms with van der Waals surface area (Å²) in [6.45, 7) is 0.437. The number of benzene rings is 1. The zero-order valence-electron chi connectivity index (χ0n) is 11.9. The summed E-state index contributed by atoms with van der Waals surface area (Å²) in [5.74, 6) is 0.0435. The van der Waals surface area contributed by atoms with E-state index in [4.69, 9.17) is 0 Å². The van der Waals surface area contributed by atoms with E-state index < -0.39 is 16.2 Å². The molecular weight excluding hydrogens is 288 g/mol. The lowest BCUT2D eigenvalue weighted by Crippen LogP contribution is -2.40. The molecule has 1 aliphatic rings. The molecule has 0 saturated carbocycles. The van der Waals surface area contributed by atoms with E-state index >= 15 is 0 Å². The van der Waals surface area contributed by atoms with Crippen molar-refractivity contribution in [2.75, 3.05) is 12.3 Å². The number of aliphatic imine (C=N–C) groups is 1. The van der Waals surface area contributed by atoms with Crippen LogP contribution in [-0.2, 0) is 21.2 Å². The molecule has 114 valence electrons. The third-order valence-corrected chi connectivity index (χ3v) is 5.58. The Bertz CT molecular complexity index is 595. The largest absolute Gasteiger partial charge is 0.236 e. The molecule has 0 radical (unpaired) electrons. The second-order valence-electron chi connectivity index (χ2n) is 5.21. The van der Waals surface area contributed by atoms with Crippen molar-refractivity contribution in [3.63, 3.8) is 0 Å². The summed E-state index contributed by atoms with van der Waals surface area (Å²) in [7, 11) is -3.42. The molecule has 1 fully saturated rings. The van der Waals surface area contributed by atoms with Crippen molar-refractivity contribution < 1.29 is 13.2 Å². The molecule has 0 aromatic heterocycles. The average molecular weight is 308 g/mol. The normalized spacial score (nSPS) is 20.5. The third-order valence-electron chi connectivity index (χ3n) is 3.72. The lowest BCUT2D eigenvalue weighted by molar-refractivity contribution is 0.330. The maximum atomic E-state index is 12.5. The molecule has 21 heavy (non-hydrogen) atoms. The Morgan fingerprint density at radius 2 is 1.95 bits per heavy atom. The summed E-state index contributed by atoms with van der Waals surface area (Å²) in [4.78, 5) is 14.2. The Morgan fingerprint density at radius 3 is 2.67 bits per heavy atom. The zero-order valence-corrected chi connectivity index (χ0v) is 12.8. The van der Waals surface area contributed by atoms with Crippen molar-refractivity contribution in [2.24, 2.45) is 4.99 Å². The molecule has 1 aromatic rings. The molecule has 5 nitrogen and oxygen atoms in total. The summed E-state index contributed by atoms with van der Waals surface area (Å²) < 4.78 is 26.4. The first kappa shape index (κ1) is 15.9. The Labute approximate surface area is 125 Å². The maximum absolute atomic E-state index is 12.5. The van der Waals surface area contributed by atoms with Crippen LogP contribution < -0.4 is 0 Å². The number of aryl methyl sites for hydroxylation is 1. The smallest absolute Gasteiger partial charge is 0.212 e. The predicted octanol–water partition coefficient (Wildman–Crippen LogP) is 2.10. The van der Waals surface area contributed by atoms with Gasteiger partial charge in [0.15, 0.2) is 0 Å². The number of sulfonamides is 1. The van der Waals surface area contributed by atoms with Crippen LogP contribution in [0.2, 0.25) is 0 Å². The van der Waals surface area contributed by atoms with Crippen LogP contribution in [-0.4, -0.2) is 37.3 Å². The van der Waals surface area contributed by atoms with Crippen LogP contribution in [0.4, 0.5) is 0 Å². The molecule has 1 atom stereocenters. The number of isocyanates is 1. The molecule has 0 bridgehead atoms. The van der Waals surface area contributed by atoms with Gasteiger partial charge in [-0.05, 0) is 31.2 Å². The van der Waals surface area contributed by atoms with E-state index in [0.717, 1.165) is 24.8 Å². The standard InChI is InChI=1S/C15H20N2O3S/c18-13-16-15-9-5-2-6-11-17(15)21(19,20)12-10-14-7-3-1-4-8-14/h1,3-4,7-8,15H,2,5-6,9-12H2. The van der Waals surface area contributed by atoms with Crippen molar-refractivity contribution in [1.29, 1.82) is 0 Å². The van der Waals surface area contributed by atoms with Gasteiger partial charge in [0.05, 0.1) is 5.75 Å². The lowest BCUT2D eigenvalue weighted by Gasteiger charge is -2.25. The third kappa shape index (κ3) is 4.49. The van der Waals surface area contributed by atoms with Crippen molar-refractivity contribution >= 4 is 16.1 Å². The number of hydrogen-bond donors (Lipinski definition) is 0. The fraction of sp³-hybridized carbons (Fsp3) is 0.533. The minimum atomic E-state index is -3.42. The van der Waals surface area contributed by atoms with Gasteiger partial charge in [-0.1, -0.05) is 36.8 Å². The monoisotopic (exact) mass is 308 g/mol.